The summed E-state index contributed by atoms with van der Waals surface area (Å²) in [7, 11) is -3.75. The fourth-order valence-electron chi connectivity index (χ4n) is 2.69. The largest absolute Gasteiger partial charge is 0.322 e. The first-order chi connectivity index (χ1) is 13.9. The molecule has 3 rings (SSSR count). The summed E-state index contributed by atoms with van der Waals surface area (Å²) >= 11 is 5.85. The standard InChI is InChI=1S/C22H19ClN2O3S/c1-2-16-25(29(27,28)21-6-4-3-5-7-21)20-14-8-17(9-15-20)22(26)24-19-12-10-18(23)11-13-19/h2-15H,1,16H2,(H,24,26). The number of benzene rings is 3. The summed E-state index contributed by atoms with van der Waals surface area (Å²) in [5, 5.41) is 3.35. The minimum absolute atomic E-state index is 0.105. The lowest BCUT2D eigenvalue weighted by Gasteiger charge is -2.23. The number of hydrogen-bond donors (Lipinski definition) is 1. The van der Waals surface area contributed by atoms with Crippen molar-refractivity contribution in [3.63, 3.8) is 0 Å². The molecular formula is C22H19ClN2O3S. The van der Waals surface area contributed by atoms with Gasteiger partial charge in [0.25, 0.3) is 15.9 Å². The topological polar surface area (TPSA) is 66.5 Å². The summed E-state index contributed by atoms with van der Waals surface area (Å²) < 4.78 is 27.2. The Labute approximate surface area is 175 Å². The zero-order chi connectivity index (χ0) is 20.9. The van der Waals surface area contributed by atoms with E-state index in [2.05, 4.69) is 11.9 Å². The van der Waals surface area contributed by atoms with Gasteiger partial charge in [0, 0.05) is 16.3 Å². The van der Waals surface area contributed by atoms with Crippen molar-refractivity contribution in [2.45, 2.75) is 4.90 Å². The van der Waals surface area contributed by atoms with E-state index in [0.717, 1.165) is 0 Å². The maximum Gasteiger partial charge on any atom is 0.264 e. The molecule has 0 atom stereocenters. The predicted octanol–water partition coefficient (Wildman–Crippen LogP) is 4.97. The van der Waals surface area contributed by atoms with Crippen LogP contribution >= 0.6 is 11.6 Å². The molecule has 0 aliphatic carbocycles. The molecule has 0 spiro atoms. The lowest BCUT2D eigenvalue weighted by molar-refractivity contribution is 0.102. The van der Waals surface area contributed by atoms with Gasteiger partial charge in [-0.1, -0.05) is 35.9 Å². The second kappa shape index (κ2) is 8.94. The van der Waals surface area contributed by atoms with Gasteiger partial charge < -0.3 is 5.32 Å². The molecule has 1 amide bonds. The number of hydrogen-bond acceptors (Lipinski definition) is 3. The average molecular weight is 427 g/mol. The Morgan fingerprint density at radius 3 is 2.17 bits per heavy atom. The first kappa shape index (κ1) is 20.6. The van der Waals surface area contributed by atoms with Crippen molar-refractivity contribution < 1.29 is 13.2 Å². The molecule has 0 aliphatic heterocycles. The predicted molar refractivity (Wildman–Crippen MR) is 117 cm³/mol. The maximum atomic E-state index is 13.0. The number of sulfonamides is 1. The van der Waals surface area contributed by atoms with Gasteiger partial charge in [-0.05, 0) is 60.7 Å². The fourth-order valence-corrected chi connectivity index (χ4v) is 4.28. The highest BCUT2D eigenvalue weighted by molar-refractivity contribution is 7.92. The van der Waals surface area contributed by atoms with Crippen LogP contribution in [0.2, 0.25) is 5.02 Å². The van der Waals surface area contributed by atoms with Crippen molar-refractivity contribution in [1.82, 2.24) is 0 Å². The van der Waals surface area contributed by atoms with Gasteiger partial charge in [-0.25, -0.2) is 8.42 Å². The molecule has 0 heterocycles. The number of carbonyl (C=O) groups is 1. The fraction of sp³-hybridized carbons (Fsp3) is 0.0455. The molecule has 0 bridgehead atoms. The SMILES string of the molecule is C=CCN(c1ccc(C(=O)Nc2ccc(Cl)cc2)cc1)S(=O)(=O)c1ccccc1. The lowest BCUT2D eigenvalue weighted by atomic mass is 10.2. The van der Waals surface area contributed by atoms with Gasteiger partial charge in [0.2, 0.25) is 0 Å². The Kier molecular flexibility index (Phi) is 6.36. The van der Waals surface area contributed by atoms with Crippen LogP contribution in [0.25, 0.3) is 0 Å². The Bertz CT molecular complexity index is 1100. The third kappa shape index (κ3) is 4.85. The average Bonchev–Trinajstić information content (AvgIpc) is 2.74. The van der Waals surface area contributed by atoms with Gasteiger partial charge in [-0.3, -0.25) is 9.10 Å². The van der Waals surface area contributed by atoms with Crippen LogP contribution in [-0.2, 0) is 10.0 Å². The van der Waals surface area contributed by atoms with Crippen LogP contribution in [-0.4, -0.2) is 20.9 Å². The molecular weight excluding hydrogens is 408 g/mol. The van der Waals surface area contributed by atoms with E-state index in [1.807, 2.05) is 0 Å². The van der Waals surface area contributed by atoms with Gasteiger partial charge in [-0.2, -0.15) is 0 Å². The van der Waals surface area contributed by atoms with E-state index < -0.39 is 10.0 Å². The second-order valence-electron chi connectivity index (χ2n) is 6.15. The number of rotatable bonds is 7. The summed E-state index contributed by atoms with van der Waals surface area (Å²) in [5.74, 6) is -0.306. The summed E-state index contributed by atoms with van der Waals surface area (Å²) in [5.41, 5.74) is 1.46. The monoisotopic (exact) mass is 426 g/mol. The molecule has 0 fully saturated rings. The zero-order valence-corrected chi connectivity index (χ0v) is 17.0. The molecule has 7 heteroatoms. The van der Waals surface area contributed by atoms with E-state index in [-0.39, 0.29) is 17.3 Å². The van der Waals surface area contributed by atoms with Crippen molar-refractivity contribution in [3.05, 3.63) is 102 Å². The van der Waals surface area contributed by atoms with E-state index in [0.29, 0.717) is 22.0 Å². The quantitative estimate of drug-likeness (QED) is 0.542. The van der Waals surface area contributed by atoms with Crippen LogP contribution in [0.4, 0.5) is 11.4 Å². The van der Waals surface area contributed by atoms with E-state index in [9.17, 15) is 13.2 Å². The third-order valence-corrected chi connectivity index (χ3v) is 6.21. The molecule has 0 saturated heterocycles. The molecule has 5 nitrogen and oxygen atoms in total. The Hall–Kier alpha value is -3.09. The van der Waals surface area contributed by atoms with Crippen LogP contribution in [0.15, 0.2) is 96.4 Å². The molecule has 3 aromatic carbocycles. The third-order valence-electron chi connectivity index (χ3n) is 4.15. The number of nitrogens with one attached hydrogen (secondary N) is 1. The van der Waals surface area contributed by atoms with Crippen molar-refractivity contribution in [2.24, 2.45) is 0 Å². The molecule has 148 valence electrons. The van der Waals surface area contributed by atoms with Crippen LogP contribution in [0.5, 0.6) is 0 Å². The molecule has 0 aromatic heterocycles. The second-order valence-corrected chi connectivity index (χ2v) is 8.44. The molecule has 0 radical (unpaired) electrons. The number of halogens is 1. The minimum atomic E-state index is -3.75. The number of nitrogens with zero attached hydrogens (tertiary/aromatic N) is 1. The highest BCUT2D eigenvalue weighted by atomic mass is 35.5. The highest BCUT2D eigenvalue weighted by Crippen LogP contribution is 2.24. The number of carbonyl (C=O) groups excluding carboxylic acids is 1. The van der Waals surface area contributed by atoms with Gasteiger partial charge in [0.15, 0.2) is 0 Å². The van der Waals surface area contributed by atoms with Crippen LogP contribution < -0.4 is 9.62 Å². The zero-order valence-electron chi connectivity index (χ0n) is 15.5. The van der Waals surface area contributed by atoms with Crippen LogP contribution in [0.3, 0.4) is 0 Å². The minimum Gasteiger partial charge on any atom is -0.322 e. The maximum absolute atomic E-state index is 13.0. The van der Waals surface area contributed by atoms with Gasteiger partial charge >= 0.3 is 0 Å². The molecule has 1 N–H and O–H groups in total. The molecule has 0 saturated carbocycles. The van der Waals surface area contributed by atoms with Crippen LogP contribution in [0, 0.1) is 0 Å². The molecule has 0 aliphatic rings. The number of anilines is 2. The Balaban J connectivity index is 1.83. The molecule has 3 aromatic rings. The van der Waals surface area contributed by atoms with Gasteiger partial charge in [0.05, 0.1) is 17.1 Å². The van der Waals surface area contributed by atoms with Crippen LogP contribution in [0.1, 0.15) is 10.4 Å². The highest BCUT2D eigenvalue weighted by Gasteiger charge is 2.23. The first-order valence-corrected chi connectivity index (χ1v) is 10.6. The molecule has 0 unspecified atom stereocenters. The number of amides is 1. The van der Waals surface area contributed by atoms with E-state index in [4.69, 9.17) is 11.6 Å². The van der Waals surface area contributed by atoms with E-state index in [1.165, 1.54) is 10.4 Å². The van der Waals surface area contributed by atoms with E-state index >= 15 is 0 Å². The van der Waals surface area contributed by atoms with Crippen molar-refractivity contribution in [1.29, 1.82) is 0 Å². The van der Waals surface area contributed by atoms with E-state index in [1.54, 1.807) is 78.9 Å². The summed E-state index contributed by atoms with van der Waals surface area (Å²) in [6.07, 6.45) is 1.52. The summed E-state index contributed by atoms with van der Waals surface area (Å²) in [6, 6.07) is 21.3. The Morgan fingerprint density at radius 1 is 0.966 bits per heavy atom. The van der Waals surface area contributed by atoms with Gasteiger partial charge in [-0.15, -0.1) is 6.58 Å². The summed E-state index contributed by atoms with van der Waals surface area (Å²) in [6.45, 7) is 3.76. The van der Waals surface area contributed by atoms with Crippen molar-refractivity contribution >= 4 is 38.9 Å². The molecule has 29 heavy (non-hydrogen) atoms. The van der Waals surface area contributed by atoms with Crippen molar-refractivity contribution in [2.75, 3.05) is 16.2 Å². The van der Waals surface area contributed by atoms with Gasteiger partial charge in [0.1, 0.15) is 0 Å². The summed E-state index contributed by atoms with van der Waals surface area (Å²) in [4.78, 5) is 12.6. The first-order valence-electron chi connectivity index (χ1n) is 8.77. The smallest absolute Gasteiger partial charge is 0.264 e. The lowest BCUT2D eigenvalue weighted by Crippen LogP contribution is -2.31. The normalized spacial score (nSPS) is 10.9. The van der Waals surface area contributed by atoms with Crippen molar-refractivity contribution in [3.8, 4) is 0 Å². The Morgan fingerprint density at radius 2 is 1.59 bits per heavy atom.